The Kier molecular flexibility index (Phi) is 41.4. The van der Waals surface area contributed by atoms with E-state index >= 15 is 0 Å². The SMILES string of the molecule is CCCCCCCC/C=C\CCCCCCCC(=O)OOC(=O)CCCCC(=O)OOC(=O)C(CCCCCC)CCCCCC/C=C\CCCCCCCC. The number of carbonyl (C=O) groups excluding carboxylic acids is 4. The summed E-state index contributed by atoms with van der Waals surface area (Å²) in [5.74, 6) is -2.60. The van der Waals surface area contributed by atoms with Gasteiger partial charge in [-0.1, -0.05) is 173 Å². The fourth-order valence-electron chi connectivity index (χ4n) is 6.73. The lowest BCUT2D eigenvalue weighted by Crippen LogP contribution is -2.20. The largest absolute Gasteiger partial charge is 0.358 e. The number of hydrogen-bond donors (Lipinski definition) is 0. The third-order valence-corrected chi connectivity index (χ3v) is 10.4. The van der Waals surface area contributed by atoms with Crippen LogP contribution in [0.5, 0.6) is 0 Å². The molecule has 0 spiro atoms. The highest BCUT2D eigenvalue weighted by Gasteiger charge is 2.22. The van der Waals surface area contributed by atoms with Crippen LogP contribution in [0.3, 0.4) is 0 Å². The first kappa shape index (κ1) is 53.4. The predicted octanol–water partition coefficient (Wildman–Crippen LogP) is 14.8. The Bertz CT molecular complexity index is 974. The van der Waals surface area contributed by atoms with Crippen LogP contribution in [0.4, 0.5) is 0 Å². The van der Waals surface area contributed by atoms with Gasteiger partial charge in [-0.2, -0.15) is 0 Å². The molecule has 0 aliphatic carbocycles. The summed E-state index contributed by atoms with van der Waals surface area (Å²) < 4.78 is 0. The number of carbonyl (C=O) groups is 4. The van der Waals surface area contributed by atoms with Gasteiger partial charge in [0.25, 0.3) is 0 Å². The lowest BCUT2D eigenvalue weighted by Gasteiger charge is -2.14. The van der Waals surface area contributed by atoms with Crippen molar-refractivity contribution in [1.29, 1.82) is 0 Å². The van der Waals surface area contributed by atoms with Crippen LogP contribution in [-0.4, -0.2) is 23.9 Å². The van der Waals surface area contributed by atoms with Crippen LogP contribution in [0.25, 0.3) is 0 Å². The van der Waals surface area contributed by atoms with Crippen LogP contribution >= 0.6 is 0 Å². The van der Waals surface area contributed by atoms with E-state index < -0.39 is 23.9 Å². The molecule has 8 nitrogen and oxygen atoms in total. The molecule has 0 amide bonds. The van der Waals surface area contributed by atoms with Crippen molar-refractivity contribution in [3.63, 3.8) is 0 Å². The lowest BCUT2D eigenvalue weighted by molar-refractivity contribution is -0.262. The van der Waals surface area contributed by atoms with Crippen molar-refractivity contribution in [3.05, 3.63) is 24.3 Å². The van der Waals surface area contributed by atoms with E-state index in [9.17, 15) is 19.2 Å². The van der Waals surface area contributed by atoms with Crippen LogP contribution < -0.4 is 0 Å². The summed E-state index contributed by atoms with van der Waals surface area (Å²) in [5.41, 5.74) is 0. The van der Waals surface area contributed by atoms with Crippen LogP contribution in [0.1, 0.15) is 252 Å². The molecule has 0 fully saturated rings. The fraction of sp³-hybridized carbons (Fsp3) is 0.833. The minimum atomic E-state index is -0.659. The molecule has 1 unspecified atom stereocenters. The van der Waals surface area contributed by atoms with Gasteiger partial charge in [-0.15, -0.1) is 0 Å². The Labute approximate surface area is 343 Å². The van der Waals surface area contributed by atoms with E-state index in [0.29, 0.717) is 19.3 Å². The molecule has 8 heteroatoms. The quantitative estimate of drug-likeness (QED) is 0.0261. The highest BCUT2D eigenvalue weighted by Crippen LogP contribution is 2.21. The van der Waals surface area contributed by atoms with E-state index in [4.69, 9.17) is 9.78 Å². The first-order chi connectivity index (χ1) is 27.4. The predicted molar refractivity (Wildman–Crippen MR) is 229 cm³/mol. The Morgan fingerprint density at radius 2 is 0.607 bits per heavy atom. The van der Waals surface area contributed by atoms with Gasteiger partial charge in [0.15, 0.2) is 0 Å². The first-order valence-corrected chi connectivity index (χ1v) is 23.6. The van der Waals surface area contributed by atoms with Crippen molar-refractivity contribution in [2.45, 2.75) is 252 Å². The Morgan fingerprint density at radius 3 is 0.982 bits per heavy atom. The van der Waals surface area contributed by atoms with Crippen molar-refractivity contribution < 1.29 is 38.7 Å². The summed E-state index contributed by atoms with van der Waals surface area (Å²) in [6, 6.07) is 0. The third kappa shape index (κ3) is 39.6. The van der Waals surface area contributed by atoms with Gasteiger partial charge in [0.05, 0.1) is 25.2 Å². The zero-order valence-electron chi connectivity index (χ0n) is 36.6. The van der Waals surface area contributed by atoms with Crippen LogP contribution in [0.2, 0.25) is 0 Å². The summed E-state index contributed by atoms with van der Waals surface area (Å²) in [6.45, 7) is 6.66. The normalized spacial score (nSPS) is 12.0. The number of unbranched alkanes of at least 4 members (excludes halogenated alkanes) is 25. The van der Waals surface area contributed by atoms with E-state index in [1.165, 1.54) is 89.9 Å². The van der Waals surface area contributed by atoms with Crippen molar-refractivity contribution in [2.24, 2.45) is 5.92 Å². The molecule has 0 saturated carbocycles. The molecule has 56 heavy (non-hydrogen) atoms. The molecule has 0 aromatic carbocycles. The maximum atomic E-state index is 12.8. The maximum Gasteiger partial charge on any atom is 0.358 e. The standard InChI is InChI=1S/C48H86O8/c1-4-7-10-13-15-17-19-21-23-25-27-29-31-33-36-41-45(49)53-54-46(50)42-37-38-43-47(51)55-56-48(52)44(39-34-12-9-6-3)40-35-32-30-28-26-24-22-20-18-16-14-11-8-5-2/h21-24,44H,4-20,25-43H2,1-3H3/b23-21-,24-22-. The smallest absolute Gasteiger partial charge is 0.247 e. The maximum absolute atomic E-state index is 12.8. The van der Waals surface area contributed by atoms with Crippen molar-refractivity contribution in [3.8, 4) is 0 Å². The molecule has 326 valence electrons. The van der Waals surface area contributed by atoms with Gasteiger partial charge in [-0.25, -0.2) is 38.7 Å². The van der Waals surface area contributed by atoms with Crippen molar-refractivity contribution in [2.75, 3.05) is 0 Å². The molecule has 1 atom stereocenters. The molecule has 0 aliphatic rings. The summed E-state index contributed by atoms with van der Waals surface area (Å²) in [5, 5.41) is 0. The van der Waals surface area contributed by atoms with Crippen LogP contribution in [-0.2, 0) is 38.7 Å². The van der Waals surface area contributed by atoms with Crippen LogP contribution in [0, 0.1) is 5.92 Å². The van der Waals surface area contributed by atoms with E-state index in [1.54, 1.807) is 0 Å². The Morgan fingerprint density at radius 1 is 0.339 bits per heavy atom. The summed E-state index contributed by atoms with van der Waals surface area (Å²) in [7, 11) is 0. The number of hydrogen-bond acceptors (Lipinski definition) is 8. The van der Waals surface area contributed by atoms with E-state index in [2.05, 4.69) is 54.9 Å². The molecular formula is C48H86O8. The van der Waals surface area contributed by atoms with Gasteiger partial charge in [0.1, 0.15) is 0 Å². The molecule has 0 heterocycles. The van der Waals surface area contributed by atoms with Gasteiger partial charge in [-0.3, -0.25) is 0 Å². The molecule has 0 radical (unpaired) electrons. The van der Waals surface area contributed by atoms with Gasteiger partial charge in [0, 0.05) is 0 Å². The van der Waals surface area contributed by atoms with Crippen molar-refractivity contribution >= 4 is 23.9 Å². The monoisotopic (exact) mass is 791 g/mol. The Balaban J connectivity index is 3.97. The second-order valence-electron chi connectivity index (χ2n) is 15.9. The molecular weight excluding hydrogens is 705 g/mol. The number of allylic oxidation sites excluding steroid dienone is 4. The summed E-state index contributed by atoms with van der Waals surface area (Å²) >= 11 is 0. The van der Waals surface area contributed by atoms with Gasteiger partial charge >= 0.3 is 23.9 Å². The summed E-state index contributed by atoms with van der Waals surface area (Å²) in [4.78, 5) is 68.0. The Hall–Kier alpha value is -2.64. The molecule has 0 bridgehead atoms. The minimum absolute atomic E-state index is 0.00304. The zero-order valence-corrected chi connectivity index (χ0v) is 36.6. The number of rotatable bonds is 40. The van der Waals surface area contributed by atoms with E-state index in [1.807, 2.05) is 0 Å². The fourth-order valence-corrected chi connectivity index (χ4v) is 6.73. The van der Waals surface area contributed by atoms with Gasteiger partial charge in [-0.05, 0) is 83.5 Å². The minimum Gasteiger partial charge on any atom is -0.247 e. The van der Waals surface area contributed by atoms with E-state index in [0.717, 1.165) is 103 Å². The topological polar surface area (TPSA) is 105 Å². The first-order valence-electron chi connectivity index (χ1n) is 23.6. The highest BCUT2D eigenvalue weighted by atomic mass is 17.2. The molecule has 0 aliphatic heterocycles. The van der Waals surface area contributed by atoms with E-state index in [-0.39, 0.29) is 25.2 Å². The second kappa shape index (κ2) is 43.5. The molecule has 0 aromatic heterocycles. The molecule has 0 aromatic rings. The second-order valence-corrected chi connectivity index (χ2v) is 15.9. The molecule has 0 saturated heterocycles. The summed E-state index contributed by atoms with van der Waals surface area (Å²) in [6.07, 6.45) is 45.9. The van der Waals surface area contributed by atoms with Crippen molar-refractivity contribution in [1.82, 2.24) is 0 Å². The zero-order chi connectivity index (χ0) is 41.0. The molecule has 0 N–H and O–H groups in total. The average molecular weight is 791 g/mol. The molecule has 0 rings (SSSR count). The average Bonchev–Trinajstić information content (AvgIpc) is 3.20. The highest BCUT2D eigenvalue weighted by molar-refractivity contribution is 5.75. The lowest BCUT2D eigenvalue weighted by atomic mass is 9.94. The van der Waals surface area contributed by atoms with Gasteiger partial charge in [0.2, 0.25) is 0 Å². The third-order valence-electron chi connectivity index (χ3n) is 10.4. The van der Waals surface area contributed by atoms with Crippen LogP contribution in [0.15, 0.2) is 24.3 Å². The van der Waals surface area contributed by atoms with Gasteiger partial charge < -0.3 is 0 Å².